The summed E-state index contributed by atoms with van der Waals surface area (Å²) >= 11 is 0. The number of benzene rings is 2. The number of anilines is 1. The molecule has 124 valence electrons. The largest absolute Gasteiger partial charge is 0.347 e. The van der Waals surface area contributed by atoms with E-state index in [0.29, 0.717) is 6.42 Å². The molecule has 0 atom stereocenters. The van der Waals surface area contributed by atoms with Crippen molar-refractivity contribution < 1.29 is 18.9 Å². The van der Waals surface area contributed by atoms with Crippen molar-refractivity contribution in [2.45, 2.75) is 6.42 Å². The quantitative estimate of drug-likeness (QED) is 0.497. The van der Waals surface area contributed by atoms with E-state index in [9.17, 15) is 24.1 Å². The predicted octanol–water partition coefficient (Wildman–Crippen LogP) is 2.03. The van der Waals surface area contributed by atoms with E-state index in [2.05, 4.69) is 10.6 Å². The second-order valence-corrected chi connectivity index (χ2v) is 4.86. The third kappa shape index (κ3) is 4.60. The van der Waals surface area contributed by atoms with E-state index in [1.807, 2.05) is 0 Å². The zero-order valence-electron chi connectivity index (χ0n) is 12.5. The highest BCUT2D eigenvalue weighted by atomic mass is 19.1. The van der Waals surface area contributed by atoms with Crippen LogP contribution >= 0.6 is 0 Å². The molecule has 0 bridgehead atoms. The van der Waals surface area contributed by atoms with Crippen LogP contribution in [0.3, 0.4) is 0 Å². The van der Waals surface area contributed by atoms with Crippen molar-refractivity contribution in [3.05, 3.63) is 70.0 Å². The lowest BCUT2D eigenvalue weighted by Crippen LogP contribution is -2.36. The van der Waals surface area contributed by atoms with Crippen LogP contribution in [0.5, 0.6) is 0 Å². The topological polar surface area (TPSA) is 101 Å². The molecule has 0 spiro atoms. The van der Waals surface area contributed by atoms with Crippen LogP contribution in [0.1, 0.15) is 5.56 Å². The summed E-state index contributed by atoms with van der Waals surface area (Å²) < 4.78 is 12.8. The first-order valence-corrected chi connectivity index (χ1v) is 7.04. The van der Waals surface area contributed by atoms with Gasteiger partial charge in [0.05, 0.1) is 4.92 Å². The second kappa shape index (κ2) is 7.82. The highest BCUT2D eigenvalue weighted by Crippen LogP contribution is 2.22. The Balaban J connectivity index is 1.87. The van der Waals surface area contributed by atoms with Crippen LogP contribution in [0.25, 0.3) is 0 Å². The first-order valence-electron chi connectivity index (χ1n) is 7.04. The van der Waals surface area contributed by atoms with Crippen LogP contribution in [-0.4, -0.2) is 23.3 Å². The normalized spacial score (nSPS) is 10.0. The van der Waals surface area contributed by atoms with E-state index >= 15 is 0 Å². The molecule has 2 rings (SSSR count). The molecule has 0 saturated carbocycles. The van der Waals surface area contributed by atoms with Gasteiger partial charge in [-0.3, -0.25) is 19.7 Å². The number of rotatable bonds is 5. The number of hydrogen-bond acceptors (Lipinski definition) is 4. The number of carbonyl (C=O) groups is 2. The van der Waals surface area contributed by atoms with E-state index in [-0.39, 0.29) is 23.7 Å². The molecule has 2 amide bonds. The average molecular weight is 331 g/mol. The summed E-state index contributed by atoms with van der Waals surface area (Å²) in [6.07, 6.45) is 0.421. The van der Waals surface area contributed by atoms with Crippen LogP contribution < -0.4 is 10.6 Å². The van der Waals surface area contributed by atoms with Crippen molar-refractivity contribution in [1.82, 2.24) is 5.32 Å². The summed E-state index contributed by atoms with van der Waals surface area (Å²) in [5.41, 5.74) is 0.446. The van der Waals surface area contributed by atoms with Gasteiger partial charge in [-0.05, 0) is 30.2 Å². The van der Waals surface area contributed by atoms with Gasteiger partial charge in [0.2, 0.25) is 0 Å². The van der Waals surface area contributed by atoms with Gasteiger partial charge in [-0.2, -0.15) is 0 Å². The first-order chi connectivity index (χ1) is 11.5. The highest BCUT2D eigenvalue weighted by molar-refractivity contribution is 6.39. The zero-order chi connectivity index (χ0) is 17.5. The third-order valence-corrected chi connectivity index (χ3v) is 3.17. The molecular formula is C16H14FN3O4. The minimum atomic E-state index is -0.997. The lowest BCUT2D eigenvalue weighted by atomic mass is 10.1. The Morgan fingerprint density at radius 2 is 1.71 bits per heavy atom. The standard InChI is InChI=1S/C16H14FN3O4/c17-12-7-5-11(6-8-12)9-10-18-15(21)16(22)19-13-3-1-2-4-14(13)20(23)24/h1-8H,9-10H2,(H,18,21)(H,19,22). The molecule has 0 aliphatic rings. The van der Waals surface area contributed by atoms with E-state index in [4.69, 9.17) is 0 Å². The lowest BCUT2D eigenvalue weighted by molar-refractivity contribution is -0.383. The molecule has 2 N–H and O–H groups in total. The van der Waals surface area contributed by atoms with Crippen LogP contribution in [0.15, 0.2) is 48.5 Å². The average Bonchev–Trinajstić information content (AvgIpc) is 2.56. The number of halogens is 1. The number of nitrogens with zero attached hydrogens (tertiary/aromatic N) is 1. The smallest absolute Gasteiger partial charge is 0.313 e. The summed E-state index contributed by atoms with van der Waals surface area (Å²) in [6, 6.07) is 11.3. The first kappa shape index (κ1) is 17.1. The number of carbonyl (C=O) groups excluding carboxylic acids is 2. The van der Waals surface area contributed by atoms with Crippen LogP contribution in [0, 0.1) is 15.9 Å². The number of nitro benzene ring substituents is 1. The number of para-hydroxylation sites is 2. The van der Waals surface area contributed by atoms with Gasteiger partial charge in [-0.1, -0.05) is 24.3 Å². The molecule has 24 heavy (non-hydrogen) atoms. The fraction of sp³-hybridized carbons (Fsp3) is 0.125. The SMILES string of the molecule is O=C(NCCc1ccc(F)cc1)C(=O)Nc1ccccc1[N+](=O)[O-]. The molecule has 0 unspecified atom stereocenters. The summed E-state index contributed by atoms with van der Waals surface area (Å²) in [6.45, 7) is 0.175. The van der Waals surface area contributed by atoms with Crippen molar-refractivity contribution in [2.75, 3.05) is 11.9 Å². The van der Waals surface area contributed by atoms with Crippen molar-refractivity contribution in [3.63, 3.8) is 0 Å². The maximum Gasteiger partial charge on any atom is 0.313 e. The molecule has 7 nitrogen and oxygen atoms in total. The van der Waals surface area contributed by atoms with E-state index in [1.165, 1.54) is 36.4 Å². The number of amides is 2. The molecule has 0 aliphatic heterocycles. The van der Waals surface area contributed by atoms with Crippen molar-refractivity contribution in [1.29, 1.82) is 0 Å². The Kier molecular flexibility index (Phi) is 5.56. The Hall–Kier alpha value is -3.29. The molecular weight excluding hydrogens is 317 g/mol. The molecule has 0 aromatic heterocycles. The molecule has 0 aliphatic carbocycles. The minimum absolute atomic E-state index is 0.0545. The molecule has 0 saturated heterocycles. The third-order valence-electron chi connectivity index (χ3n) is 3.17. The number of nitro groups is 1. The highest BCUT2D eigenvalue weighted by Gasteiger charge is 2.19. The van der Waals surface area contributed by atoms with Gasteiger partial charge in [-0.25, -0.2) is 4.39 Å². The van der Waals surface area contributed by atoms with Gasteiger partial charge >= 0.3 is 11.8 Å². The maximum absolute atomic E-state index is 12.8. The summed E-state index contributed by atoms with van der Waals surface area (Å²) in [4.78, 5) is 33.7. The van der Waals surface area contributed by atoms with Crippen molar-refractivity contribution in [3.8, 4) is 0 Å². The molecule has 2 aromatic carbocycles. The minimum Gasteiger partial charge on any atom is -0.347 e. The molecule has 0 fully saturated rings. The molecule has 0 heterocycles. The Labute approximate surface area is 136 Å². The maximum atomic E-state index is 12.8. The fourth-order valence-electron chi connectivity index (χ4n) is 1.97. The summed E-state index contributed by atoms with van der Waals surface area (Å²) in [7, 11) is 0. The van der Waals surface area contributed by atoms with Gasteiger partial charge in [0, 0.05) is 12.6 Å². The number of hydrogen-bond donors (Lipinski definition) is 2. The van der Waals surface area contributed by atoms with Gasteiger partial charge in [0.25, 0.3) is 5.69 Å². The van der Waals surface area contributed by atoms with Crippen LogP contribution in [-0.2, 0) is 16.0 Å². The van der Waals surface area contributed by atoms with E-state index in [1.54, 1.807) is 12.1 Å². The number of nitrogens with one attached hydrogen (secondary N) is 2. The lowest BCUT2D eigenvalue weighted by Gasteiger charge is -2.07. The van der Waals surface area contributed by atoms with E-state index in [0.717, 1.165) is 5.56 Å². The van der Waals surface area contributed by atoms with Crippen molar-refractivity contribution in [2.24, 2.45) is 0 Å². The summed E-state index contributed by atoms with van der Waals surface area (Å²) in [5, 5.41) is 15.5. The van der Waals surface area contributed by atoms with Gasteiger partial charge in [0.15, 0.2) is 0 Å². The van der Waals surface area contributed by atoms with Crippen molar-refractivity contribution >= 4 is 23.2 Å². The zero-order valence-corrected chi connectivity index (χ0v) is 12.5. The fourth-order valence-corrected chi connectivity index (χ4v) is 1.97. The molecule has 2 aromatic rings. The summed E-state index contributed by atoms with van der Waals surface area (Å²) in [5.74, 6) is -2.26. The Morgan fingerprint density at radius 3 is 2.38 bits per heavy atom. The van der Waals surface area contributed by atoms with Gasteiger partial charge in [-0.15, -0.1) is 0 Å². The Bertz CT molecular complexity index is 762. The second-order valence-electron chi connectivity index (χ2n) is 4.86. The van der Waals surface area contributed by atoms with Crippen LogP contribution in [0.2, 0.25) is 0 Å². The van der Waals surface area contributed by atoms with E-state index < -0.39 is 16.7 Å². The predicted molar refractivity (Wildman–Crippen MR) is 84.8 cm³/mol. The van der Waals surface area contributed by atoms with Gasteiger partial charge < -0.3 is 10.6 Å². The van der Waals surface area contributed by atoms with Crippen LogP contribution in [0.4, 0.5) is 15.8 Å². The molecule has 8 heteroatoms. The molecule has 0 radical (unpaired) electrons. The monoisotopic (exact) mass is 331 g/mol. The Morgan fingerprint density at radius 1 is 1.04 bits per heavy atom. The van der Waals surface area contributed by atoms with Gasteiger partial charge in [0.1, 0.15) is 11.5 Å².